The van der Waals surface area contributed by atoms with Gasteiger partial charge in [-0.15, -0.1) is 0 Å². The van der Waals surface area contributed by atoms with E-state index >= 15 is 0 Å². The first-order valence-corrected chi connectivity index (χ1v) is 5.78. The van der Waals surface area contributed by atoms with Crippen molar-refractivity contribution in [1.82, 2.24) is 0 Å². The highest BCUT2D eigenvalue weighted by Gasteiger charge is 1.89. The minimum absolute atomic E-state index is 0.188. The molecule has 68 valence electrons. The molecule has 0 aromatic rings. The van der Waals surface area contributed by atoms with Crippen LogP contribution in [0.5, 0.6) is 0 Å². The van der Waals surface area contributed by atoms with Crippen molar-refractivity contribution in [3.63, 3.8) is 0 Å². The van der Waals surface area contributed by atoms with Crippen molar-refractivity contribution in [3.05, 3.63) is 35.9 Å². The van der Waals surface area contributed by atoms with Crippen LogP contribution in [-0.4, -0.2) is 17.5 Å². The molecule has 0 fully saturated rings. The Morgan fingerprint density at radius 1 is 1.50 bits per heavy atom. The lowest BCUT2D eigenvalue weighted by molar-refractivity contribution is 0.323. The lowest BCUT2D eigenvalue weighted by atomic mass is 10.5. The molecule has 2 nitrogen and oxygen atoms in total. The van der Waals surface area contributed by atoms with Crippen molar-refractivity contribution in [2.75, 3.05) is 12.4 Å². The van der Waals surface area contributed by atoms with E-state index in [1.54, 1.807) is 12.2 Å². The standard InChI is InChI=1S/C8H13NOS2/c1-2-3-4-5-8(9)12-11-7-6-10/h2-5,10H,1,6-7,9H2/b4-3-,8-5+. The first kappa shape index (κ1) is 11.7. The van der Waals surface area contributed by atoms with Crippen LogP contribution in [-0.2, 0) is 0 Å². The average molecular weight is 203 g/mol. The molecule has 0 spiro atoms. The van der Waals surface area contributed by atoms with Gasteiger partial charge in [-0.2, -0.15) is 0 Å². The van der Waals surface area contributed by atoms with Crippen molar-refractivity contribution < 1.29 is 5.11 Å². The fourth-order valence-corrected chi connectivity index (χ4v) is 1.88. The molecule has 0 bridgehead atoms. The number of allylic oxidation sites excluding steroid dienone is 4. The molecule has 0 aliphatic heterocycles. The molecule has 12 heavy (non-hydrogen) atoms. The maximum Gasteiger partial charge on any atom is 0.0763 e. The number of aliphatic hydroxyl groups is 1. The van der Waals surface area contributed by atoms with Gasteiger partial charge in [0, 0.05) is 5.75 Å². The summed E-state index contributed by atoms with van der Waals surface area (Å²) in [6.07, 6.45) is 7.13. The largest absolute Gasteiger partial charge is 0.395 e. The molecule has 3 N–H and O–H groups in total. The molecule has 0 unspecified atom stereocenters. The van der Waals surface area contributed by atoms with Gasteiger partial charge in [-0.3, -0.25) is 0 Å². The van der Waals surface area contributed by atoms with E-state index in [9.17, 15) is 0 Å². The number of rotatable bonds is 6. The predicted octanol–water partition coefficient (Wildman–Crippen LogP) is 1.90. The van der Waals surface area contributed by atoms with Gasteiger partial charge < -0.3 is 10.8 Å². The summed E-state index contributed by atoms with van der Waals surface area (Å²) in [5.41, 5.74) is 5.59. The summed E-state index contributed by atoms with van der Waals surface area (Å²) in [6, 6.07) is 0. The number of hydrogen-bond donors (Lipinski definition) is 2. The zero-order chi connectivity index (χ0) is 9.23. The van der Waals surface area contributed by atoms with Crippen LogP contribution in [0.4, 0.5) is 0 Å². The van der Waals surface area contributed by atoms with Crippen LogP contribution in [0, 0.1) is 0 Å². The highest BCUT2D eigenvalue weighted by atomic mass is 33.1. The Bertz CT molecular complexity index is 178. The molecule has 0 atom stereocenters. The Kier molecular flexibility index (Phi) is 8.54. The van der Waals surface area contributed by atoms with E-state index < -0.39 is 0 Å². The minimum Gasteiger partial charge on any atom is -0.395 e. The van der Waals surface area contributed by atoms with Gasteiger partial charge in [0.2, 0.25) is 0 Å². The van der Waals surface area contributed by atoms with Gasteiger partial charge in [0.25, 0.3) is 0 Å². The molecule has 0 amide bonds. The monoisotopic (exact) mass is 203 g/mol. The van der Waals surface area contributed by atoms with Crippen LogP contribution in [0.1, 0.15) is 0 Å². The van der Waals surface area contributed by atoms with E-state index in [1.807, 2.05) is 12.2 Å². The molecule has 0 saturated carbocycles. The van der Waals surface area contributed by atoms with Crippen LogP contribution in [0.25, 0.3) is 0 Å². The van der Waals surface area contributed by atoms with E-state index in [-0.39, 0.29) is 6.61 Å². The second kappa shape index (κ2) is 8.77. The van der Waals surface area contributed by atoms with E-state index in [1.165, 1.54) is 21.6 Å². The maximum atomic E-state index is 8.47. The first-order valence-electron chi connectivity index (χ1n) is 3.46. The molecule has 0 radical (unpaired) electrons. The van der Waals surface area contributed by atoms with E-state index in [4.69, 9.17) is 10.8 Å². The van der Waals surface area contributed by atoms with Crippen LogP contribution in [0.2, 0.25) is 0 Å². The highest BCUT2D eigenvalue weighted by molar-refractivity contribution is 8.78. The summed E-state index contributed by atoms with van der Waals surface area (Å²) in [7, 11) is 2.99. The van der Waals surface area contributed by atoms with Crippen molar-refractivity contribution in [3.8, 4) is 0 Å². The third-order valence-corrected chi connectivity index (χ3v) is 3.06. The van der Waals surface area contributed by atoms with Crippen molar-refractivity contribution in [1.29, 1.82) is 0 Å². The van der Waals surface area contributed by atoms with E-state index in [0.29, 0.717) is 5.75 Å². The smallest absolute Gasteiger partial charge is 0.0763 e. The van der Waals surface area contributed by atoms with Gasteiger partial charge in [0.15, 0.2) is 0 Å². The Labute approximate surface area is 81.0 Å². The van der Waals surface area contributed by atoms with Gasteiger partial charge in [-0.25, -0.2) is 0 Å². The van der Waals surface area contributed by atoms with Gasteiger partial charge >= 0.3 is 0 Å². The molecule has 0 aliphatic carbocycles. The summed E-state index contributed by atoms with van der Waals surface area (Å²) in [5, 5.41) is 9.20. The molecule has 0 saturated heterocycles. The highest BCUT2D eigenvalue weighted by Crippen LogP contribution is 2.25. The number of hydrogen-bond acceptors (Lipinski definition) is 4. The normalized spacial score (nSPS) is 12.2. The van der Waals surface area contributed by atoms with E-state index in [2.05, 4.69) is 6.58 Å². The fourth-order valence-electron chi connectivity index (χ4n) is 0.404. The van der Waals surface area contributed by atoms with Crippen molar-refractivity contribution in [2.45, 2.75) is 0 Å². The quantitative estimate of drug-likeness (QED) is 0.393. The minimum atomic E-state index is 0.188. The zero-order valence-electron chi connectivity index (χ0n) is 6.77. The average Bonchev–Trinajstić information content (AvgIpc) is 2.06. The molecule has 0 heterocycles. The third kappa shape index (κ3) is 7.78. The summed E-state index contributed by atoms with van der Waals surface area (Å²) >= 11 is 0. The van der Waals surface area contributed by atoms with Gasteiger partial charge in [-0.05, 0) is 16.9 Å². The topological polar surface area (TPSA) is 46.2 Å². The second-order valence-electron chi connectivity index (χ2n) is 1.82. The SMILES string of the molecule is C=C/C=C\C=C(/N)SSCCO. The Morgan fingerprint density at radius 2 is 2.25 bits per heavy atom. The zero-order valence-corrected chi connectivity index (χ0v) is 8.40. The summed E-state index contributed by atoms with van der Waals surface area (Å²) in [4.78, 5) is 0. The Balaban J connectivity index is 3.55. The van der Waals surface area contributed by atoms with E-state index in [0.717, 1.165) is 5.03 Å². The van der Waals surface area contributed by atoms with Gasteiger partial charge in [-0.1, -0.05) is 35.6 Å². The van der Waals surface area contributed by atoms with Crippen molar-refractivity contribution >= 4 is 21.6 Å². The lowest BCUT2D eigenvalue weighted by Gasteiger charge is -1.96. The molecule has 0 aromatic carbocycles. The second-order valence-corrected chi connectivity index (χ2v) is 4.31. The first-order chi connectivity index (χ1) is 5.81. The summed E-state index contributed by atoms with van der Waals surface area (Å²) < 4.78 is 0. The molecule has 0 aromatic heterocycles. The number of nitrogens with two attached hydrogens (primary N) is 1. The maximum absolute atomic E-state index is 8.47. The third-order valence-electron chi connectivity index (χ3n) is 0.837. The number of aliphatic hydroxyl groups excluding tert-OH is 1. The van der Waals surface area contributed by atoms with Crippen LogP contribution in [0.3, 0.4) is 0 Å². The van der Waals surface area contributed by atoms with Gasteiger partial charge in [0.1, 0.15) is 0 Å². The molecule has 0 aliphatic rings. The van der Waals surface area contributed by atoms with Crippen LogP contribution < -0.4 is 5.73 Å². The Morgan fingerprint density at radius 3 is 2.83 bits per heavy atom. The van der Waals surface area contributed by atoms with Crippen LogP contribution >= 0.6 is 21.6 Å². The predicted molar refractivity (Wildman–Crippen MR) is 58.7 cm³/mol. The van der Waals surface area contributed by atoms with Gasteiger partial charge in [0.05, 0.1) is 11.6 Å². The molecule has 0 rings (SSSR count). The molecular weight excluding hydrogens is 190 g/mol. The molecule has 4 heteroatoms. The summed E-state index contributed by atoms with van der Waals surface area (Å²) in [5.74, 6) is 0.699. The lowest BCUT2D eigenvalue weighted by Crippen LogP contribution is -1.90. The van der Waals surface area contributed by atoms with Crippen LogP contribution in [0.15, 0.2) is 35.9 Å². The fraction of sp³-hybridized carbons (Fsp3) is 0.250. The molecular formula is C8H13NOS2. The summed E-state index contributed by atoms with van der Waals surface area (Å²) in [6.45, 7) is 3.72. The Hall–Kier alpha value is -0.320. The van der Waals surface area contributed by atoms with Crippen molar-refractivity contribution in [2.24, 2.45) is 5.73 Å².